The molecule has 0 aliphatic rings. The first-order valence-electron chi connectivity index (χ1n) is 4.33. The van der Waals surface area contributed by atoms with Crippen molar-refractivity contribution < 1.29 is 28.4 Å². The summed E-state index contributed by atoms with van der Waals surface area (Å²) in [5.41, 5.74) is 0. The van der Waals surface area contributed by atoms with Gasteiger partial charge in [0, 0.05) is 0 Å². The van der Waals surface area contributed by atoms with Crippen LogP contribution >= 0.6 is 7.82 Å². The molecule has 0 radical (unpaired) electrons. The smallest absolute Gasteiger partial charge is 0.387 e. The van der Waals surface area contributed by atoms with Crippen LogP contribution < -0.4 is 0 Å². The van der Waals surface area contributed by atoms with Crippen molar-refractivity contribution in [3.05, 3.63) is 12.2 Å². The first-order chi connectivity index (χ1) is 6.87. The third-order valence-electron chi connectivity index (χ3n) is 1.16. The van der Waals surface area contributed by atoms with Gasteiger partial charge >= 0.3 is 7.82 Å². The van der Waals surface area contributed by atoms with Crippen LogP contribution in [0.1, 0.15) is 13.8 Å². The summed E-state index contributed by atoms with van der Waals surface area (Å²) in [6.07, 6.45) is 1.11. The van der Waals surface area contributed by atoms with E-state index in [1.807, 2.05) is 0 Å². The van der Waals surface area contributed by atoms with Gasteiger partial charge in [-0.05, 0) is 19.9 Å². The molecule has 6 nitrogen and oxygen atoms in total. The second kappa shape index (κ2) is 6.87. The fraction of sp³-hybridized carbons (Fsp3) is 0.625. The fourth-order valence-electron chi connectivity index (χ4n) is 0.697. The zero-order valence-electron chi connectivity index (χ0n) is 8.57. The van der Waals surface area contributed by atoms with E-state index >= 15 is 0 Å². The summed E-state index contributed by atoms with van der Waals surface area (Å²) in [5, 5.41) is 9.12. The summed E-state index contributed by atoms with van der Waals surface area (Å²) in [6, 6.07) is 0. The molecule has 0 aromatic carbocycles. The number of hydrogen-bond donors (Lipinski definition) is 2. The van der Waals surface area contributed by atoms with E-state index in [4.69, 9.17) is 10.00 Å². The summed E-state index contributed by atoms with van der Waals surface area (Å²) in [4.78, 5) is 19.0. The third-order valence-corrected chi connectivity index (χ3v) is 2.33. The van der Waals surface area contributed by atoms with Gasteiger partial charge in [0.2, 0.25) is 0 Å². The van der Waals surface area contributed by atoms with Crippen LogP contribution in [0.3, 0.4) is 0 Å². The second-order valence-corrected chi connectivity index (χ2v) is 4.41. The molecule has 2 N–H and O–H groups in total. The van der Waals surface area contributed by atoms with E-state index in [9.17, 15) is 9.36 Å². The molecule has 0 heterocycles. The third kappa shape index (κ3) is 8.47. The molecule has 0 fully saturated rings. The second-order valence-electron chi connectivity index (χ2n) is 3.01. The molecule has 0 aromatic heterocycles. The van der Waals surface area contributed by atoms with Gasteiger partial charge in [-0.1, -0.05) is 6.08 Å². The Labute approximate surface area is 88.1 Å². The number of carbonyl (C=O) groups is 1. The predicted octanol–water partition coefficient (Wildman–Crippen LogP) is 0.644. The van der Waals surface area contributed by atoms with Gasteiger partial charge in [0.1, 0.15) is 6.29 Å². The van der Waals surface area contributed by atoms with Gasteiger partial charge < -0.3 is 10.00 Å². The van der Waals surface area contributed by atoms with Gasteiger partial charge in [0.15, 0.2) is 0 Å². The van der Waals surface area contributed by atoms with Crippen molar-refractivity contribution in [3.63, 3.8) is 0 Å². The number of carbonyl (C=O) groups excluding carboxylic acids is 1. The topological polar surface area (TPSA) is 93.1 Å². The quantitative estimate of drug-likeness (QED) is 0.384. The molecule has 0 aliphatic heterocycles. The average Bonchev–Trinajstić information content (AvgIpc) is 2.09. The maximum Gasteiger partial charge on any atom is 0.472 e. The number of hydrogen-bond acceptors (Lipinski definition) is 5. The van der Waals surface area contributed by atoms with Gasteiger partial charge in [-0.15, -0.1) is 0 Å². The summed E-state index contributed by atoms with van der Waals surface area (Å²) >= 11 is 0. The van der Waals surface area contributed by atoms with Crippen LogP contribution in [0, 0.1) is 0 Å². The van der Waals surface area contributed by atoms with Crippen LogP contribution in [-0.4, -0.2) is 35.1 Å². The largest absolute Gasteiger partial charge is 0.472 e. The Balaban J connectivity index is 3.97. The monoisotopic (exact) mass is 238 g/mol. The highest BCUT2D eigenvalue weighted by atomic mass is 31.2. The zero-order chi connectivity index (χ0) is 11.9. The van der Waals surface area contributed by atoms with Gasteiger partial charge in [0.05, 0.1) is 18.8 Å². The summed E-state index contributed by atoms with van der Waals surface area (Å²) in [6.45, 7) is 2.74. The number of phosphoric ester groups is 1. The molecule has 0 saturated carbocycles. The van der Waals surface area contributed by atoms with E-state index in [0.29, 0.717) is 6.29 Å². The highest BCUT2D eigenvalue weighted by Gasteiger charge is 2.23. The van der Waals surface area contributed by atoms with E-state index in [1.165, 1.54) is 0 Å². The lowest BCUT2D eigenvalue weighted by atomic mass is 10.3. The molecular weight excluding hydrogens is 223 g/mol. The molecule has 0 aliphatic carbocycles. The fourth-order valence-corrected chi connectivity index (χ4v) is 1.63. The van der Waals surface area contributed by atoms with Crippen molar-refractivity contribution >= 4 is 14.1 Å². The lowest BCUT2D eigenvalue weighted by molar-refractivity contribution is -0.104. The normalized spacial score (nSPS) is 17.9. The van der Waals surface area contributed by atoms with Crippen molar-refractivity contribution in [2.45, 2.75) is 26.1 Å². The van der Waals surface area contributed by atoms with E-state index < -0.39 is 26.6 Å². The zero-order valence-corrected chi connectivity index (χ0v) is 9.46. The Morgan fingerprint density at radius 1 is 1.47 bits per heavy atom. The number of allylic oxidation sites excluding steroid dienone is 1. The van der Waals surface area contributed by atoms with Crippen LogP contribution in [0.5, 0.6) is 0 Å². The molecule has 2 unspecified atom stereocenters. The minimum absolute atomic E-state index is 0.412. The molecule has 15 heavy (non-hydrogen) atoms. The van der Waals surface area contributed by atoms with Crippen LogP contribution in [0.15, 0.2) is 12.2 Å². The Morgan fingerprint density at radius 2 is 2.07 bits per heavy atom. The molecule has 7 heteroatoms. The van der Waals surface area contributed by atoms with Crippen molar-refractivity contribution in [2.24, 2.45) is 0 Å². The summed E-state index contributed by atoms with van der Waals surface area (Å²) in [7, 11) is -4.12. The Hall–Kier alpha value is -0.520. The van der Waals surface area contributed by atoms with Crippen LogP contribution in [0.2, 0.25) is 0 Å². The van der Waals surface area contributed by atoms with E-state index in [-0.39, 0.29) is 0 Å². The Kier molecular flexibility index (Phi) is 6.63. The standard InChI is InChI=1S/C8H15O6P/c1-7(2)14-15(11,12)13-6-8(10)4-3-5-9/h3-5,7-8,10H,6H2,1-2H3,(H,11,12)/b4-3-. The molecule has 88 valence electrons. The van der Waals surface area contributed by atoms with Crippen molar-refractivity contribution in [1.29, 1.82) is 0 Å². The molecule has 0 spiro atoms. The molecular formula is C8H15O6P. The number of aldehydes is 1. The maximum atomic E-state index is 11.1. The van der Waals surface area contributed by atoms with Gasteiger partial charge in [0.25, 0.3) is 0 Å². The minimum Gasteiger partial charge on any atom is -0.387 e. The van der Waals surface area contributed by atoms with Crippen molar-refractivity contribution in [2.75, 3.05) is 6.61 Å². The first kappa shape index (κ1) is 14.5. The lowest BCUT2D eigenvalue weighted by Gasteiger charge is -2.15. The Morgan fingerprint density at radius 3 is 2.53 bits per heavy atom. The van der Waals surface area contributed by atoms with Crippen LogP contribution in [-0.2, 0) is 18.4 Å². The Bertz CT molecular complexity index is 262. The SMILES string of the molecule is CC(C)OP(=O)(O)OCC(O)/C=C\C=O. The first-order valence-corrected chi connectivity index (χ1v) is 5.82. The molecule has 2 atom stereocenters. The van der Waals surface area contributed by atoms with Crippen molar-refractivity contribution in [1.82, 2.24) is 0 Å². The van der Waals surface area contributed by atoms with Crippen LogP contribution in [0.25, 0.3) is 0 Å². The van der Waals surface area contributed by atoms with E-state index in [0.717, 1.165) is 12.2 Å². The molecule has 0 amide bonds. The number of phosphoric acid groups is 1. The number of aliphatic hydroxyl groups is 1. The highest BCUT2D eigenvalue weighted by molar-refractivity contribution is 7.47. The molecule has 0 aromatic rings. The maximum absolute atomic E-state index is 11.1. The van der Waals surface area contributed by atoms with Crippen molar-refractivity contribution in [3.8, 4) is 0 Å². The average molecular weight is 238 g/mol. The van der Waals surface area contributed by atoms with E-state index in [1.54, 1.807) is 13.8 Å². The molecule has 0 saturated heterocycles. The molecule has 0 bridgehead atoms. The predicted molar refractivity (Wildman–Crippen MR) is 53.2 cm³/mol. The van der Waals surface area contributed by atoms with Gasteiger partial charge in [-0.3, -0.25) is 13.8 Å². The minimum atomic E-state index is -4.12. The van der Waals surface area contributed by atoms with Gasteiger partial charge in [-0.2, -0.15) is 0 Å². The number of rotatable bonds is 7. The summed E-state index contributed by atoms with van der Waals surface area (Å²) in [5.74, 6) is 0. The molecule has 0 rings (SSSR count). The van der Waals surface area contributed by atoms with Gasteiger partial charge in [-0.25, -0.2) is 4.57 Å². The van der Waals surface area contributed by atoms with Crippen LogP contribution in [0.4, 0.5) is 0 Å². The highest BCUT2D eigenvalue weighted by Crippen LogP contribution is 2.44. The number of aliphatic hydroxyl groups excluding tert-OH is 1. The summed E-state index contributed by atoms with van der Waals surface area (Å²) < 4.78 is 20.2. The lowest BCUT2D eigenvalue weighted by Crippen LogP contribution is -2.13. The van der Waals surface area contributed by atoms with E-state index in [2.05, 4.69) is 9.05 Å².